The maximum absolute atomic E-state index is 4.66. The summed E-state index contributed by atoms with van der Waals surface area (Å²) in [7, 11) is 0. The van der Waals surface area contributed by atoms with Gasteiger partial charge in [0.2, 0.25) is 0 Å². The minimum Gasteiger partial charge on any atom is -0.308 e. The maximum atomic E-state index is 4.66. The quantitative estimate of drug-likeness (QED) is 0.240. The Hall–Kier alpha value is -4.17. The van der Waals surface area contributed by atoms with Gasteiger partial charge in [0.05, 0.1) is 22.4 Å². The van der Waals surface area contributed by atoms with Crippen LogP contribution in [0.15, 0.2) is 96.0 Å². The van der Waals surface area contributed by atoms with Crippen molar-refractivity contribution >= 4 is 44.5 Å². The molecule has 2 aliphatic rings. The van der Waals surface area contributed by atoms with Crippen LogP contribution in [0.4, 0.5) is 5.69 Å². The second-order valence-electron chi connectivity index (χ2n) is 10.4. The van der Waals surface area contributed by atoms with Gasteiger partial charge in [-0.15, -0.1) is 0 Å². The lowest BCUT2D eigenvalue weighted by Gasteiger charge is -2.21. The summed E-state index contributed by atoms with van der Waals surface area (Å²) in [5, 5.41) is 5.24. The maximum Gasteiger partial charge on any atom is 0.0682 e. The highest BCUT2D eigenvalue weighted by molar-refractivity contribution is 6.18. The van der Waals surface area contributed by atoms with Crippen LogP contribution in [0.3, 0.4) is 0 Å². The van der Waals surface area contributed by atoms with E-state index in [9.17, 15) is 0 Å². The summed E-state index contributed by atoms with van der Waals surface area (Å²) in [5.41, 5.74) is 11.7. The van der Waals surface area contributed by atoms with Gasteiger partial charge in [0.15, 0.2) is 0 Å². The van der Waals surface area contributed by atoms with Gasteiger partial charge >= 0.3 is 0 Å². The smallest absolute Gasteiger partial charge is 0.0682 e. The van der Waals surface area contributed by atoms with Crippen molar-refractivity contribution in [1.29, 1.82) is 0 Å². The Bertz CT molecular complexity index is 1900. The first-order valence-electron chi connectivity index (χ1n) is 12.4. The number of hydrogen-bond donors (Lipinski definition) is 0. The van der Waals surface area contributed by atoms with Crippen molar-refractivity contribution in [3.8, 4) is 16.8 Å². The molecule has 1 aliphatic carbocycles. The van der Waals surface area contributed by atoms with E-state index in [-0.39, 0.29) is 5.41 Å². The summed E-state index contributed by atoms with van der Waals surface area (Å²) in [6.07, 6.45) is 2.91. The molecule has 1 aromatic heterocycles. The van der Waals surface area contributed by atoms with Crippen molar-refractivity contribution in [2.45, 2.75) is 25.7 Å². The van der Waals surface area contributed by atoms with Crippen LogP contribution in [0.5, 0.6) is 0 Å². The topological polar surface area (TPSA) is 17.3 Å². The zero-order valence-electron chi connectivity index (χ0n) is 19.8. The van der Waals surface area contributed by atoms with Crippen molar-refractivity contribution in [3.05, 3.63) is 108 Å². The van der Waals surface area contributed by atoms with Crippen LogP contribution in [0, 0.1) is 0 Å². The zero-order valence-corrected chi connectivity index (χ0v) is 19.8. The van der Waals surface area contributed by atoms with Crippen molar-refractivity contribution in [1.82, 2.24) is 4.57 Å². The zero-order chi connectivity index (χ0) is 23.3. The highest BCUT2D eigenvalue weighted by atomic mass is 15.0. The van der Waals surface area contributed by atoms with Crippen LogP contribution in [0.2, 0.25) is 0 Å². The lowest BCUT2D eigenvalue weighted by molar-refractivity contribution is 0.661. The summed E-state index contributed by atoms with van der Waals surface area (Å²) < 4.78 is 2.52. The van der Waals surface area contributed by atoms with E-state index < -0.39 is 0 Å². The molecule has 0 spiro atoms. The summed E-state index contributed by atoms with van der Waals surface area (Å²) in [6.45, 7) is 4.75. The van der Waals surface area contributed by atoms with E-state index in [1.54, 1.807) is 0 Å². The van der Waals surface area contributed by atoms with E-state index in [0.29, 0.717) is 0 Å². The molecule has 8 rings (SSSR count). The highest BCUT2D eigenvalue weighted by Gasteiger charge is 2.38. The monoisotopic (exact) mass is 448 g/mol. The average Bonchev–Trinajstić information content (AvgIpc) is 3.56. The second kappa shape index (κ2) is 6.49. The molecule has 0 unspecified atom stereocenters. The Morgan fingerprint density at radius 1 is 0.686 bits per heavy atom. The molecular weight excluding hydrogens is 424 g/mol. The van der Waals surface area contributed by atoms with E-state index in [1.165, 1.54) is 66.1 Å². The molecule has 1 aliphatic heterocycles. The molecular formula is C33H24N2. The molecule has 0 amide bonds. The first-order valence-corrected chi connectivity index (χ1v) is 12.4. The third-order valence-electron chi connectivity index (χ3n) is 8.26. The molecule has 166 valence electrons. The molecule has 0 fully saturated rings. The minimum absolute atomic E-state index is 0.0636. The Kier molecular flexibility index (Phi) is 3.55. The van der Waals surface area contributed by atoms with Crippen molar-refractivity contribution < 1.29 is 0 Å². The number of para-hydroxylation sites is 1. The first-order chi connectivity index (χ1) is 17.1. The molecule has 35 heavy (non-hydrogen) atoms. The Labute approximate surface area is 204 Å². The third kappa shape index (κ3) is 2.32. The molecule has 0 N–H and O–H groups in total. The van der Waals surface area contributed by atoms with Gasteiger partial charge in [-0.2, -0.15) is 0 Å². The van der Waals surface area contributed by atoms with Crippen molar-refractivity contribution in [2.24, 2.45) is 4.99 Å². The average molecular weight is 449 g/mol. The van der Waals surface area contributed by atoms with E-state index >= 15 is 0 Å². The third-order valence-corrected chi connectivity index (χ3v) is 8.26. The number of aliphatic imine (C=N–C) groups is 1. The van der Waals surface area contributed by atoms with E-state index in [1.807, 2.05) is 6.21 Å². The van der Waals surface area contributed by atoms with Gasteiger partial charge in [-0.05, 0) is 45.7 Å². The van der Waals surface area contributed by atoms with Crippen molar-refractivity contribution in [3.63, 3.8) is 0 Å². The molecule has 5 aromatic carbocycles. The highest BCUT2D eigenvalue weighted by Crippen LogP contribution is 2.55. The van der Waals surface area contributed by atoms with Gasteiger partial charge < -0.3 is 4.57 Å². The van der Waals surface area contributed by atoms with Gasteiger partial charge in [0, 0.05) is 39.9 Å². The van der Waals surface area contributed by atoms with Crippen LogP contribution >= 0.6 is 0 Å². The molecule has 2 nitrogen and oxygen atoms in total. The van der Waals surface area contributed by atoms with Gasteiger partial charge in [-0.1, -0.05) is 86.6 Å². The summed E-state index contributed by atoms with van der Waals surface area (Å²) in [5.74, 6) is 0. The molecule has 6 aromatic rings. The lowest BCUT2D eigenvalue weighted by Crippen LogP contribution is -2.14. The summed E-state index contributed by atoms with van der Waals surface area (Å²) >= 11 is 0. The van der Waals surface area contributed by atoms with Crippen LogP contribution in [-0.4, -0.2) is 10.8 Å². The molecule has 2 heterocycles. The molecule has 0 atom stereocenters. The molecule has 2 heteroatoms. The number of fused-ring (bicyclic) bond motifs is 10. The molecule has 0 saturated heterocycles. The van der Waals surface area contributed by atoms with Crippen LogP contribution in [-0.2, 0) is 11.8 Å². The van der Waals surface area contributed by atoms with Crippen LogP contribution in [0.25, 0.3) is 49.4 Å². The van der Waals surface area contributed by atoms with Gasteiger partial charge in [-0.3, -0.25) is 4.99 Å². The fourth-order valence-electron chi connectivity index (χ4n) is 6.63. The standard InChI is InChI=1S/C33H24N2/c1-33(2)25-16-14-20-8-3-4-9-21(20)30(25)31-26(33)17-15-23-22-10-5-6-12-28(22)35(32(23)31)29-13-7-11-27-24(29)18-19-34-27/h3-17,19H,18H2,1-2H3. The largest absolute Gasteiger partial charge is 0.308 e. The SMILES string of the molecule is CC1(C)c2ccc3ccccc3c2-c2c1ccc1c3ccccc3n(-c3cccc4c3CC=N4)c21. The summed E-state index contributed by atoms with van der Waals surface area (Å²) in [6, 6.07) is 33.6. The van der Waals surface area contributed by atoms with Gasteiger partial charge in [-0.25, -0.2) is 0 Å². The van der Waals surface area contributed by atoms with Crippen LogP contribution in [0.1, 0.15) is 30.5 Å². The number of rotatable bonds is 1. The lowest BCUT2D eigenvalue weighted by atomic mass is 9.82. The molecule has 0 bridgehead atoms. The fraction of sp³-hybridized carbons (Fsp3) is 0.121. The van der Waals surface area contributed by atoms with E-state index in [2.05, 4.69) is 114 Å². The number of benzene rings is 5. The van der Waals surface area contributed by atoms with Crippen LogP contribution < -0.4 is 0 Å². The second-order valence-corrected chi connectivity index (χ2v) is 10.4. The predicted molar refractivity (Wildman–Crippen MR) is 148 cm³/mol. The minimum atomic E-state index is -0.0636. The predicted octanol–water partition coefficient (Wildman–Crippen LogP) is 8.50. The number of hydrogen-bond acceptors (Lipinski definition) is 1. The molecule has 0 radical (unpaired) electrons. The van der Waals surface area contributed by atoms with E-state index in [0.717, 1.165) is 12.1 Å². The van der Waals surface area contributed by atoms with E-state index in [4.69, 9.17) is 0 Å². The van der Waals surface area contributed by atoms with Gasteiger partial charge in [0.1, 0.15) is 0 Å². The number of nitrogens with zero attached hydrogens (tertiary/aromatic N) is 2. The van der Waals surface area contributed by atoms with Crippen molar-refractivity contribution in [2.75, 3.05) is 0 Å². The normalized spacial score (nSPS) is 15.1. The Morgan fingerprint density at radius 3 is 2.37 bits per heavy atom. The number of aromatic nitrogens is 1. The summed E-state index contributed by atoms with van der Waals surface area (Å²) in [4.78, 5) is 4.66. The Morgan fingerprint density at radius 2 is 1.46 bits per heavy atom. The van der Waals surface area contributed by atoms with Gasteiger partial charge in [0.25, 0.3) is 0 Å². The molecule has 0 saturated carbocycles. The fourth-order valence-corrected chi connectivity index (χ4v) is 6.63. The Balaban J connectivity index is 1.63. The first kappa shape index (κ1) is 19.2.